The third-order valence-corrected chi connectivity index (χ3v) is 6.11. The number of nitrogens with one attached hydrogen (secondary N) is 2. The molecule has 3 aromatic heterocycles. The number of thiophene rings is 1. The summed E-state index contributed by atoms with van der Waals surface area (Å²) in [7, 11) is 1.31. The van der Waals surface area contributed by atoms with E-state index < -0.39 is 28.7 Å². The number of aromatic amines is 2. The number of hydrogen-bond donors (Lipinski definition) is 3. The molecular weight excluding hydrogens is 469 g/mol. The normalized spacial score (nSPS) is 11.2. The molecule has 3 N–H and O–H groups in total. The molecule has 0 aliphatic rings. The van der Waals surface area contributed by atoms with Crippen LogP contribution in [-0.4, -0.2) is 43.1 Å². The lowest BCUT2D eigenvalue weighted by Gasteiger charge is -2.14. The largest absolute Gasteiger partial charge is 0.493 e. The number of aromatic carboxylic acids is 1. The molecule has 0 atom stereocenters. The molecule has 0 radical (unpaired) electrons. The van der Waals surface area contributed by atoms with Gasteiger partial charge in [0.1, 0.15) is 17.0 Å². The lowest BCUT2D eigenvalue weighted by molar-refractivity contribution is 0.0704. The van der Waals surface area contributed by atoms with Gasteiger partial charge in [-0.25, -0.2) is 18.5 Å². The van der Waals surface area contributed by atoms with Crippen molar-refractivity contribution in [3.8, 4) is 17.2 Å². The standard InChI is InChI=1S/C21H14FN5O6S/c1-32-14-5-10(22)13(6-15(14)33-7-9-3-2-4-11-17(9)25-26-24-11)27-19(28)16-12(23-21(27)31)8-34-18(16)20(29)30/h2-6,8H,7H2,1H3,(H,23,31)(H,29,30)(H,24,25,26). The number of carboxylic acid groups (broad SMARTS) is 1. The van der Waals surface area contributed by atoms with Gasteiger partial charge in [0.15, 0.2) is 17.3 Å². The van der Waals surface area contributed by atoms with Crippen molar-refractivity contribution in [1.29, 1.82) is 0 Å². The molecule has 0 fully saturated rings. The SMILES string of the molecule is COc1cc(F)c(-n2c(=O)[nH]c3csc(C(=O)O)c3c2=O)cc1OCc1cccc2[nH]nnc12. The summed E-state index contributed by atoms with van der Waals surface area (Å²) in [6, 6.07) is 7.47. The van der Waals surface area contributed by atoms with Gasteiger partial charge in [-0.1, -0.05) is 17.3 Å². The summed E-state index contributed by atoms with van der Waals surface area (Å²) < 4.78 is 26.6. The number of rotatable bonds is 6. The van der Waals surface area contributed by atoms with Crippen molar-refractivity contribution in [3.63, 3.8) is 0 Å². The molecular formula is C21H14FN5O6S. The summed E-state index contributed by atoms with van der Waals surface area (Å²) in [6.45, 7) is 0.00326. The predicted octanol–water partition coefficient (Wildman–Crippen LogP) is 2.44. The van der Waals surface area contributed by atoms with Crippen molar-refractivity contribution >= 4 is 39.2 Å². The van der Waals surface area contributed by atoms with Crippen molar-refractivity contribution in [2.24, 2.45) is 0 Å². The molecule has 13 heteroatoms. The number of methoxy groups -OCH3 is 1. The van der Waals surface area contributed by atoms with Crippen LogP contribution in [0.25, 0.3) is 27.6 Å². The van der Waals surface area contributed by atoms with Gasteiger partial charge in [0.25, 0.3) is 5.56 Å². The number of halogens is 1. The van der Waals surface area contributed by atoms with E-state index in [1.54, 1.807) is 18.2 Å². The predicted molar refractivity (Wildman–Crippen MR) is 120 cm³/mol. The fourth-order valence-electron chi connectivity index (χ4n) is 3.58. The van der Waals surface area contributed by atoms with Gasteiger partial charge in [0.2, 0.25) is 0 Å². The minimum atomic E-state index is -1.34. The summed E-state index contributed by atoms with van der Waals surface area (Å²) in [4.78, 5) is 39.4. The molecule has 3 heterocycles. The Labute approximate surface area is 192 Å². The summed E-state index contributed by atoms with van der Waals surface area (Å²) in [5.74, 6) is -2.20. The summed E-state index contributed by atoms with van der Waals surface area (Å²) in [6.07, 6.45) is 0. The van der Waals surface area contributed by atoms with Crippen LogP contribution in [0.4, 0.5) is 4.39 Å². The average molecular weight is 483 g/mol. The lowest BCUT2D eigenvalue weighted by Crippen LogP contribution is -2.34. The van der Waals surface area contributed by atoms with E-state index in [1.807, 2.05) is 0 Å². The number of aromatic nitrogens is 5. The van der Waals surface area contributed by atoms with Gasteiger partial charge in [-0.05, 0) is 6.07 Å². The van der Waals surface area contributed by atoms with E-state index in [1.165, 1.54) is 12.5 Å². The van der Waals surface area contributed by atoms with E-state index in [0.717, 1.165) is 23.5 Å². The second kappa shape index (κ2) is 8.12. The van der Waals surface area contributed by atoms with Crippen LogP contribution in [0.2, 0.25) is 0 Å². The Hall–Kier alpha value is -4.52. The zero-order valence-corrected chi connectivity index (χ0v) is 18.1. The van der Waals surface area contributed by atoms with E-state index in [2.05, 4.69) is 20.4 Å². The zero-order valence-electron chi connectivity index (χ0n) is 17.3. The van der Waals surface area contributed by atoms with Crippen molar-refractivity contribution in [2.75, 3.05) is 7.11 Å². The first-order valence-corrected chi connectivity index (χ1v) is 10.6. The minimum Gasteiger partial charge on any atom is -0.493 e. The van der Waals surface area contributed by atoms with Gasteiger partial charge in [0, 0.05) is 23.1 Å². The second-order valence-corrected chi connectivity index (χ2v) is 7.98. The first kappa shape index (κ1) is 21.3. The third-order valence-electron chi connectivity index (χ3n) is 5.14. The quantitative estimate of drug-likeness (QED) is 0.333. The monoisotopic (exact) mass is 483 g/mol. The molecule has 0 amide bonds. The number of carbonyl (C=O) groups is 1. The molecule has 0 unspecified atom stereocenters. The number of fused-ring (bicyclic) bond motifs is 2. The Bertz CT molecular complexity index is 1700. The van der Waals surface area contributed by atoms with Crippen molar-refractivity contribution in [3.05, 3.63) is 72.8 Å². The van der Waals surface area contributed by atoms with E-state index in [0.29, 0.717) is 21.2 Å². The van der Waals surface area contributed by atoms with E-state index in [9.17, 15) is 23.9 Å². The number of H-pyrrole nitrogens is 2. The smallest absolute Gasteiger partial charge is 0.346 e. The van der Waals surface area contributed by atoms with Crippen molar-refractivity contribution in [1.82, 2.24) is 25.0 Å². The van der Waals surface area contributed by atoms with Crippen LogP contribution in [0.5, 0.6) is 11.5 Å². The number of hydrogen-bond acceptors (Lipinski definition) is 8. The Morgan fingerprint density at radius 3 is 2.82 bits per heavy atom. The van der Waals surface area contributed by atoms with Crippen LogP contribution in [0.15, 0.2) is 45.3 Å². The van der Waals surface area contributed by atoms with Gasteiger partial charge in [0.05, 0.1) is 29.2 Å². The van der Waals surface area contributed by atoms with Gasteiger partial charge < -0.3 is 19.6 Å². The molecule has 0 saturated heterocycles. The number of nitrogens with zero attached hydrogens (tertiary/aromatic N) is 3. The molecule has 0 saturated carbocycles. The maximum atomic E-state index is 15.0. The maximum absolute atomic E-state index is 15.0. The molecule has 0 spiro atoms. The third kappa shape index (κ3) is 3.38. The summed E-state index contributed by atoms with van der Waals surface area (Å²) in [5, 5.41) is 21.0. The van der Waals surface area contributed by atoms with E-state index in [-0.39, 0.29) is 33.9 Å². The first-order valence-electron chi connectivity index (χ1n) is 9.68. The Morgan fingerprint density at radius 2 is 2.06 bits per heavy atom. The fourth-order valence-corrected chi connectivity index (χ4v) is 4.41. The Balaban J connectivity index is 1.63. The molecule has 0 aliphatic heterocycles. The van der Waals surface area contributed by atoms with Crippen LogP contribution in [0.3, 0.4) is 0 Å². The second-order valence-electron chi connectivity index (χ2n) is 7.10. The first-order chi connectivity index (χ1) is 16.4. The number of carboxylic acids is 1. The molecule has 2 aromatic carbocycles. The highest BCUT2D eigenvalue weighted by atomic mass is 32.1. The van der Waals surface area contributed by atoms with Crippen LogP contribution in [0.1, 0.15) is 15.2 Å². The van der Waals surface area contributed by atoms with Crippen LogP contribution in [-0.2, 0) is 6.61 Å². The Kier molecular flexibility index (Phi) is 5.09. The molecule has 0 bridgehead atoms. The van der Waals surface area contributed by atoms with Gasteiger partial charge in [-0.15, -0.1) is 16.4 Å². The Morgan fingerprint density at radius 1 is 1.24 bits per heavy atom. The molecule has 5 rings (SSSR count). The van der Waals surface area contributed by atoms with Gasteiger partial charge in [-0.2, -0.15) is 0 Å². The van der Waals surface area contributed by atoms with E-state index in [4.69, 9.17) is 9.47 Å². The fraction of sp³-hybridized carbons (Fsp3) is 0.0952. The van der Waals surface area contributed by atoms with Crippen LogP contribution in [0, 0.1) is 5.82 Å². The van der Waals surface area contributed by atoms with Crippen LogP contribution >= 0.6 is 11.3 Å². The minimum absolute atomic E-state index is 0.00326. The molecule has 172 valence electrons. The zero-order chi connectivity index (χ0) is 24.0. The average Bonchev–Trinajstić information content (AvgIpc) is 3.46. The lowest BCUT2D eigenvalue weighted by atomic mass is 10.2. The van der Waals surface area contributed by atoms with E-state index >= 15 is 0 Å². The highest BCUT2D eigenvalue weighted by Gasteiger charge is 2.22. The van der Waals surface area contributed by atoms with Crippen molar-refractivity contribution in [2.45, 2.75) is 6.61 Å². The highest BCUT2D eigenvalue weighted by molar-refractivity contribution is 7.13. The summed E-state index contributed by atoms with van der Waals surface area (Å²) in [5.41, 5.74) is -0.315. The molecule has 34 heavy (non-hydrogen) atoms. The molecule has 11 nitrogen and oxygen atoms in total. The van der Waals surface area contributed by atoms with Gasteiger partial charge >= 0.3 is 11.7 Å². The topological polar surface area (TPSA) is 152 Å². The molecule has 5 aromatic rings. The highest BCUT2D eigenvalue weighted by Crippen LogP contribution is 2.32. The summed E-state index contributed by atoms with van der Waals surface area (Å²) >= 11 is 0.783. The van der Waals surface area contributed by atoms with Crippen molar-refractivity contribution < 1.29 is 23.8 Å². The van der Waals surface area contributed by atoms with Crippen LogP contribution < -0.4 is 20.7 Å². The number of ether oxygens (including phenoxy) is 2. The van der Waals surface area contributed by atoms with Gasteiger partial charge in [-0.3, -0.25) is 9.89 Å². The molecule has 0 aliphatic carbocycles. The maximum Gasteiger partial charge on any atom is 0.346 e. The number of benzene rings is 2.